The molecule has 0 amide bonds. The van der Waals surface area contributed by atoms with E-state index in [0.717, 1.165) is 18.6 Å². The summed E-state index contributed by atoms with van der Waals surface area (Å²) in [6.45, 7) is 4.84. The summed E-state index contributed by atoms with van der Waals surface area (Å²) in [7, 11) is 0. The lowest BCUT2D eigenvalue weighted by Crippen LogP contribution is -1.97. The van der Waals surface area contributed by atoms with Crippen LogP contribution in [-0.4, -0.2) is 6.61 Å². The van der Waals surface area contributed by atoms with E-state index in [9.17, 15) is 0 Å². The van der Waals surface area contributed by atoms with E-state index >= 15 is 0 Å². The van der Waals surface area contributed by atoms with E-state index in [2.05, 4.69) is 25.8 Å². The second-order valence-electron chi connectivity index (χ2n) is 3.48. The van der Waals surface area contributed by atoms with Crippen molar-refractivity contribution in [1.82, 2.24) is 0 Å². The molecule has 0 heterocycles. The molecule has 1 aromatic carbocycles. The summed E-state index contributed by atoms with van der Waals surface area (Å²) in [5.74, 6) is 3.54. The highest BCUT2D eigenvalue weighted by Crippen LogP contribution is 2.16. The van der Waals surface area contributed by atoms with Gasteiger partial charge in [-0.2, -0.15) is 0 Å². The average molecular weight is 188 g/mol. The number of rotatable bonds is 4. The maximum atomic E-state index is 5.57. The van der Waals surface area contributed by atoms with Gasteiger partial charge in [0, 0.05) is 6.42 Å². The third kappa shape index (κ3) is 3.53. The molecule has 0 unspecified atom stereocenters. The van der Waals surface area contributed by atoms with Crippen molar-refractivity contribution < 1.29 is 4.74 Å². The van der Waals surface area contributed by atoms with Gasteiger partial charge in [0.25, 0.3) is 0 Å². The highest BCUT2D eigenvalue weighted by Gasteiger charge is 1.95. The first-order valence-corrected chi connectivity index (χ1v) is 4.87. The molecule has 0 aliphatic heterocycles. The van der Waals surface area contributed by atoms with Crippen LogP contribution >= 0.6 is 0 Å². The Bertz CT molecular complexity index is 313. The van der Waals surface area contributed by atoms with Crippen molar-refractivity contribution in [2.24, 2.45) is 0 Å². The molecule has 0 aliphatic carbocycles. The summed E-state index contributed by atoms with van der Waals surface area (Å²) in [6, 6.07) is 6.22. The van der Waals surface area contributed by atoms with Gasteiger partial charge in [-0.25, -0.2) is 0 Å². The Morgan fingerprint density at radius 3 is 2.43 bits per heavy atom. The molecule has 0 atom stereocenters. The first-order chi connectivity index (χ1) is 6.72. The molecular formula is C13H16O. The van der Waals surface area contributed by atoms with E-state index < -0.39 is 0 Å². The van der Waals surface area contributed by atoms with E-state index in [-0.39, 0.29) is 0 Å². The van der Waals surface area contributed by atoms with Crippen LogP contribution in [0.4, 0.5) is 0 Å². The minimum absolute atomic E-state index is 0.701. The second-order valence-corrected chi connectivity index (χ2v) is 3.48. The summed E-state index contributed by atoms with van der Waals surface area (Å²) in [5.41, 5.74) is 2.47. The molecule has 0 bridgehead atoms. The fourth-order valence-electron chi connectivity index (χ4n) is 1.38. The molecule has 0 saturated heterocycles. The topological polar surface area (TPSA) is 9.23 Å². The van der Waals surface area contributed by atoms with Crippen LogP contribution < -0.4 is 4.74 Å². The van der Waals surface area contributed by atoms with Crippen LogP contribution in [0.1, 0.15) is 24.0 Å². The van der Waals surface area contributed by atoms with Crippen LogP contribution in [0, 0.1) is 26.2 Å². The lowest BCUT2D eigenvalue weighted by atomic mass is 10.1. The highest BCUT2D eigenvalue weighted by atomic mass is 16.5. The zero-order valence-electron chi connectivity index (χ0n) is 8.84. The Morgan fingerprint density at radius 2 is 1.86 bits per heavy atom. The van der Waals surface area contributed by atoms with E-state index in [1.807, 2.05) is 12.1 Å². The fourth-order valence-corrected chi connectivity index (χ4v) is 1.38. The van der Waals surface area contributed by atoms with E-state index in [4.69, 9.17) is 11.2 Å². The number of hydrogen-bond donors (Lipinski definition) is 0. The van der Waals surface area contributed by atoms with Crippen molar-refractivity contribution in [3.05, 3.63) is 29.3 Å². The molecule has 1 aromatic rings. The molecule has 1 rings (SSSR count). The number of unbranched alkanes of at least 4 members (excludes halogenated alkanes) is 1. The molecule has 0 spiro atoms. The molecule has 14 heavy (non-hydrogen) atoms. The van der Waals surface area contributed by atoms with Crippen molar-refractivity contribution in [2.75, 3.05) is 6.61 Å². The number of terminal acetylenes is 1. The third-order valence-electron chi connectivity index (χ3n) is 1.93. The first kappa shape index (κ1) is 10.7. The maximum Gasteiger partial charge on any atom is 0.119 e. The average Bonchev–Trinajstić information content (AvgIpc) is 2.11. The standard InChI is InChI=1S/C13H16O/c1-4-5-6-7-14-13-9-11(2)8-12(3)10-13/h1,8-10H,5-7H2,2-3H3. The number of benzene rings is 1. The summed E-state index contributed by atoms with van der Waals surface area (Å²) < 4.78 is 5.57. The van der Waals surface area contributed by atoms with Gasteiger partial charge in [-0.05, 0) is 43.5 Å². The van der Waals surface area contributed by atoms with Crippen molar-refractivity contribution in [3.8, 4) is 18.1 Å². The molecule has 0 fully saturated rings. The summed E-state index contributed by atoms with van der Waals surface area (Å²) >= 11 is 0. The fraction of sp³-hybridized carbons (Fsp3) is 0.385. The number of hydrogen-bond acceptors (Lipinski definition) is 1. The number of aryl methyl sites for hydroxylation is 2. The largest absolute Gasteiger partial charge is 0.494 e. The van der Waals surface area contributed by atoms with Crippen molar-refractivity contribution in [2.45, 2.75) is 26.7 Å². The predicted octanol–water partition coefficient (Wildman–Crippen LogP) is 3.10. The summed E-state index contributed by atoms with van der Waals surface area (Å²) in [6.07, 6.45) is 6.85. The van der Waals surface area contributed by atoms with E-state index in [1.54, 1.807) is 0 Å². The smallest absolute Gasteiger partial charge is 0.119 e. The van der Waals surface area contributed by atoms with Gasteiger partial charge in [-0.3, -0.25) is 0 Å². The molecule has 0 aliphatic rings. The van der Waals surface area contributed by atoms with Gasteiger partial charge in [0.05, 0.1) is 6.61 Å². The van der Waals surface area contributed by atoms with Gasteiger partial charge < -0.3 is 4.74 Å². The van der Waals surface area contributed by atoms with Gasteiger partial charge in [-0.1, -0.05) is 6.07 Å². The van der Waals surface area contributed by atoms with Gasteiger partial charge >= 0.3 is 0 Å². The van der Waals surface area contributed by atoms with E-state index in [0.29, 0.717) is 6.61 Å². The zero-order chi connectivity index (χ0) is 10.4. The normalized spacial score (nSPS) is 9.50. The Hall–Kier alpha value is -1.42. The third-order valence-corrected chi connectivity index (χ3v) is 1.93. The van der Waals surface area contributed by atoms with Crippen LogP contribution in [-0.2, 0) is 0 Å². The summed E-state index contributed by atoms with van der Waals surface area (Å²) in [5, 5.41) is 0. The lowest BCUT2D eigenvalue weighted by molar-refractivity contribution is 0.312. The van der Waals surface area contributed by atoms with Crippen LogP contribution in [0.3, 0.4) is 0 Å². The lowest BCUT2D eigenvalue weighted by Gasteiger charge is -2.06. The second kappa shape index (κ2) is 5.34. The minimum Gasteiger partial charge on any atom is -0.494 e. The van der Waals surface area contributed by atoms with Crippen LogP contribution in [0.15, 0.2) is 18.2 Å². The Balaban J connectivity index is 2.47. The Labute approximate surface area is 86.1 Å². The number of ether oxygens (including phenoxy) is 1. The monoisotopic (exact) mass is 188 g/mol. The Kier molecular flexibility index (Phi) is 4.07. The molecule has 0 radical (unpaired) electrons. The van der Waals surface area contributed by atoms with Crippen LogP contribution in [0.25, 0.3) is 0 Å². The predicted molar refractivity (Wildman–Crippen MR) is 59.5 cm³/mol. The highest BCUT2D eigenvalue weighted by molar-refractivity contribution is 5.32. The van der Waals surface area contributed by atoms with Gasteiger partial charge in [0.15, 0.2) is 0 Å². The molecule has 0 saturated carbocycles. The molecule has 74 valence electrons. The van der Waals surface area contributed by atoms with Crippen molar-refractivity contribution >= 4 is 0 Å². The molecule has 0 aromatic heterocycles. The van der Waals surface area contributed by atoms with Crippen molar-refractivity contribution in [1.29, 1.82) is 0 Å². The SMILES string of the molecule is C#CCCCOc1cc(C)cc(C)c1. The van der Waals surface area contributed by atoms with Gasteiger partial charge in [0.2, 0.25) is 0 Å². The summed E-state index contributed by atoms with van der Waals surface area (Å²) in [4.78, 5) is 0. The quantitative estimate of drug-likeness (QED) is 0.521. The van der Waals surface area contributed by atoms with Gasteiger partial charge in [0.1, 0.15) is 5.75 Å². The van der Waals surface area contributed by atoms with Gasteiger partial charge in [-0.15, -0.1) is 12.3 Å². The molecule has 1 nitrogen and oxygen atoms in total. The van der Waals surface area contributed by atoms with Crippen LogP contribution in [0.2, 0.25) is 0 Å². The minimum atomic E-state index is 0.701. The van der Waals surface area contributed by atoms with Crippen molar-refractivity contribution in [3.63, 3.8) is 0 Å². The first-order valence-electron chi connectivity index (χ1n) is 4.87. The van der Waals surface area contributed by atoms with Crippen LogP contribution in [0.5, 0.6) is 5.75 Å². The molecule has 0 N–H and O–H groups in total. The van der Waals surface area contributed by atoms with E-state index in [1.165, 1.54) is 11.1 Å². The maximum absolute atomic E-state index is 5.57. The molecule has 1 heteroatoms. The Morgan fingerprint density at radius 1 is 1.21 bits per heavy atom. The zero-order valence-corrected chi connectivity index (χ0v) is 8.84. The molecular weight excluding hydrogens is 172 g/mol.